The fourth-order valence-electron chi connectivity index (χ4n) is 5.44. The molecule has 0 aliphatic heterocycles. The summed E-state index contributed by atoms with van der Waals surface area (Å²) in [7, 11) is 0. The molecule has 0 radical (unpaired) electrons. The maximum atomic E-state index is 13.2. The zero-order valence-corrected chi connectivity index (χ0v) is 28.0. The molecule has 2 amide bonds. The molecule has 0 aliphatic carbocycles. The number of nitrogens with one attached hydrogen (secondary N) is 2. The molecule has 3 heterocycles. The number of para-hydroxylation sites is 2. The minimum atomic E-state index is -0.557. The summed E-state index contributed by atoms with van der Waals surface area (Å²) in [6.07, 6.45) is -0.485. The van der Waals surface area contributed by atoms with Gasteiger partial charge in [-0.3, -0.25) is 19.7 Å². The highest BCUT2D eigenvalue weighted by Gasteiger charge is 2.16. The Kier molecular flexibility index (Phi) is 10.2. The summed E-state index contributed by atoms with van der Waals surface area (Å²) in [5, 5.41) is 8.75. The van der Waals surface area contributed by atoms with Crippen LogP contribution in [0.2, 0.25) is 0 Å². The van der Waals surface area contributed by atoms with E-state index in [9.17, 15) is 9.59 Å². The van der Waals surface area contributed by atoms with Crippen molar-refractivity contribution in [2.24, 2.45) is 0 Å². The van der Waals surface area contributed by atoms with Crippen LogP contribution in [0, 0.1) is 0 Å². The van der Waals surface area contributed by atoms with Gasteiger partial charge in [0.25, 0.3) is 5.91 Å². The third-order valence-corrected chi connectivity index (χ3v) is 7.73. The summed E-state index contributed by atoms with van der Waals surface area (Å²) in [6.45, 7) is 8.24. The zero-order valence-electron chi connectivity index (χ0n) is 28.0. The second kappa shape index (κ2) is 15.1. The molecule has 10 heteroatoms. The van der Waals surface area contributed by atoms with E-state index in [0.29, 0.717) is 49.7 Å². The molecule has 250 valence electrons. The van der Waals surface area contributed by atoms with Crippen molar-refractivity contribution in [2.45, 2.75) is 39.5 Å². The van der Waals surface area contributed by atoms with E-state index in [1.54, 1.807) is 12.1 Å². The van der Waals surface area contributed by atoms with E-state index in [2.05, 4.69) is 56.9 Å². The van der Waals surface area contributed by atoms with E-state index >= 15 is 0 Å². The number of rotatable bonds is 12. The molecule has 0 saturated carbocycles. The number of hydrogen-bond donors (Lipinski definition) is 2. The summed E-state index contributed by atoms with van der Waals surface area (Å²) < 4.78 is 11.0. The van der Waals surface area contributed by atoms with E-state index in [1.165, 1.54) is 0 Å². The van der Waals surface area contributed by atoms with Gasteiger partial charge >= 0.3 is 6.09 Å². The first-order valence-electron chi connectivity index (χ1n) is 16.4. The SMILES string of the molecule is CC(C)(C)OC(=O)NCCOc1ccc2nc(C(=O)NCCN(Cc3ccc4ccccc4n3)Cc3ccc4ccccc4n3)ccc2c1. The number of benzene rings is 3. The van der Waals surface area contributed by atoms with Crippen molar-refractivity contribution in [1.82, 2.24) is 30.5 Å². The van der Waals surface area contributed by atoms with E-state index < -0.39 is 11.7 Å². The third-order valence-electron chi connectivity index (χ3n) is 7.73. The smallest absolute Gasteiger partial charge is 0.407 e. The lowest BCUT2D eigenvalue weighted by Crippen LogP contribution is -2.35. The van der Waals surface area contributed by atoms with Crippen LogP contribution in [0.1, 0.15) is 42.6 Å². The van der Waals surface area contributed by atoms with Crippen LogP contribution >= 0.6 is 0 Å². The van der Waals surface area contributed by atoms with Crippen molar-refractivity contribution < 1.29 is 19.1 Å². The molecule has 3 aromatic carbocycles. The van der Waals surface area contributed by atoms with Gasteiger partial charge in [-0.1, -0.05) is 54.6 Å². The van der Waals surface area contributed by atoms with Crippen LogP contribution in [0.25, 0.3) is 32.7 Å². The Balaban J connectivity index is 1.06. The van der Waals surface area contributed by atoms with Crippen LogP contribution in [-0.4, -0.2) is 63.7 Å². The van der Waals surface area contributed by atoms with Crippen LogP contribution in [0.5, 0.6) is 5.75 Å². The molecule has 0 atom stereocenters. The minimum Gasteiger partial charge on any atom is -0.492 e. The van der Waals surface area contributed by atoms with Crippen molar-refractivity contribution in [1.29, 1.82) is 0 Å². The van der Waals surface area contributed by atoms with Gasteiger partial charge in [0.2, 0.25) is 0 Å². The zero-order chi connectivity index (χ0) is 34.2. The third kappa shape index (κ3) is 9.27. The normalized spacial score (nSPS) is 11.6. The van der Waals surface area contributed by atoms with E-state index in [4.69, 9.17) is 19.4 Å². The average Bonchev–Trinajstić information content (AvgIpc) is 3.09. The van der Waals surface area contributed by atoms with Gasteiger partial charge in [0.1, 0.15) is 23.7 Å². The number of pyridine rings is 3. The predicted molar refractivity (Wildman–Crippen MR) is 191 cm³/mol. The molecule has 0 bridgehead atoms. The fraction of sp³-hybridized carbons (Fsp3) is 0.256. The van der Waals surface area contributed by atoms with Crippen molar-refractivity contribution >= 4 is 44.7 Å². The Morgan fingerprint density at radius 3 is 1.94 bits per heavy atom. The van der Waals surface area contributed by atoms with Crippen molar-refractivity contribution in [3.05, 3.63) is 120 Å². The average molecular weight is 657 g/mol. The molecule has 49 heavy (non-hydrogen) atoms. The Bertz CT molecular complexity index is 2010. The lowest BCUT2D eigenvalue weighted by molar-refractivity contribution is 0.0520. The number of alkyl carbamates (subject to hydrolysis) is 1. The molecule has 0 fully saturated rings. The molecule has 6 rings (SSSR count). The second-order valence-corrected chi connectivity index (χ2v) is 12.8. The van der Waals surface area contributed by atoms with Crippen LogP contribution in [0.4, 0.5) is 4.79 Å². The van der Waals surface area contributed by atoms with Gasteiger partial charge in [-0.15, -0.1) is 0 Å². The predicted octanol–water partition coefficient (Wildman–Crippen LogP) is 6.67. The maximum absolute atomic E-state index is 13.2. The van der Waals surface area contributed by atoms with Gasteiger partial charge in [-0.25, -0.2) is 9.78 Å². The van der Waals surface area contributed by atoms with Gasteiger partial charge in [0, 0.05) is 42.3 Å². The van der Waals surface area contributed by atoms with Crippen LogP contribution < -0.4 is 15.4 Å². The number of hydrogen-bond acceptors (Lipinski definition) is 8. The molecule has 3 aromatic heterocycles. The minimum absolute atomic E-state index is 0.247. The Morgan fingerprint density at radius 1 is 0.673 bits per heavy atom. The number of fused-ring (bicyclic) bond motifs is 3. The van der Waals surface area contributed by atoms with Gasteiger partial charge in [0.15, 0.2) is 0 Å². The topological polar surface area (TPSA) is 119 Å². The highest BCUT2D eigenvalue weighted by atomic mass is 16.6. The molecule has 0 spiro atoms. The van der Waals surface area contributed by atoms with Gasteiger partial charge in [-0.05, 0) is 69.3 Å². The first-order valence-corrected chi connectivity index (χ1v) is 16.4. The highest BCUT2D eigenvalue weighted by Crippen LogP contribution is 2.21. The number of nitrogens with zero attached hydrogens (tertiary/aromatic N) is 4. The number of carbonyl (C=O) groups is 2. The van der Waals surface area contributed by atoms with E-state index in [1.807, 2.05) is 75.4 Å². The monoisotopic (exact) mass is 656 g/mol. The summed E-state index contributed by atoms with van der Waals surface area (Å²) in [6, 6.07) is 33.5. The Morgan fingerprint density at radius 2 is 1.29 bits per heavy atom. The summed E-state index contributed by atoms with van der Waals surface area (Å²) in [5.41, 5.74) is 4.26. The molecule has 10 nitrogen and oxygen atoms in total. The van der Waals surface area contributed by atoms with Crippen molar-refractivity contribution in [3.8, 4) is 5.75 Å². The van der Waals surface area contributed by atoms with Crippen molar-refractivity contribution in [3.63, 3.8) is 0 Å². The molecule has 0 unspecified atom stereocenters. The second-order valence-electron chi connectivity index (χ2n) is 12.8. The number of ether oxygens (including phenoxy) is 2. The summed E-state index contributed by atoms with van der Waals surface area (Å²) >= 11 is 0. The fourth-order valence-corrected chi connectivity index (χ4v) is 5.44. The number of aromatic nitrogens is 3. The van der Waals surface area contributed by atoms with Crippen molar-refractivity contribution in [2.75, 3.05) is 26.2 Å². The van der Waals surface area contributed by atoms with Crippen LogP contribution in [0.15, 0.2) is 103 Å². The van der Waals surface area contributed by atoms with Crippen LogP contribution in [0.3, 0.4) is 0 Å². The first kappa shape index (κ1) is 33.3. The molecular weight excluding hydrogens is 616 g/mol. The highest BCUT2D eigenvalue weighted by molar-refractivity contribution is 5.95. The summed E-state index contributed by atoms with van der Waals surface area (Å²) in [5.74, 6) is 0.391. The molecule has 0 aliphatic rings. The molecule has 2 N–H and O–H groups in total. The van der Waals surface area contributed by atoms with E-state index in [0.717, 1.165) is 38.6 Å². The van der Waals surface area contributed by atoms with Crippen LogP contribution in [-0.2, 0) is 17.8 Å². The molecule has 0 saturated heterocycles. The maximum Gasteiger partial charge on any atom is 0.407 e. The standard InChI is InChI=1S/C39H40N6O4/c1-39(2,3)49-38(47)41-21-23-48-32-17-19-35-29(24-32)14-18-36(44-35)37(46)40-20-22-45(25-30-15-12-27-8-4-6-10-33(27)42-30)26-31-16-13-28-9-5-7-11-34(28)43-31/h4-19,24H,20-23,25-26H2,1-3H3,(H,40,46)(H,41,47). The Hall–Kier alpha value is -5.61. The molecular formula is C39H40N6O4. The number of amides is 2. The first-order chi connectivity index (χ1) is 23.7. The number of carbonyl (C=O) groups excluding carboxylic acids is 2. The quantitative estimate of drug-likeness (QED) is 0.140. The van der Waals surface area contributed by atoms with Gasteiger partial charge < -0.3 is 20.1 Å². The molecule has 6 aromatic rings. The van der Waals surface area contributed by atoms with E-state index in [-0.39, 0.29) is 12.5 Å². The largest absolute Gasteiger partial charge is 0.492 e. The van der Waals surface area contributed by atoms with Gasteiger partial charge in [-0.2, -0.15) is 0 Å². The Labute approximate surface area is 285 Å². The lowest BCUT2D eigenvalue weighted by atomic mass is 10.2. The van der Waals surface area contributed by atoms with Gasteiger partial charge in [0.05, 0.1) is 34.5 Å². The lowest BCUT2D eigenvalue weighted by Gasteiger charge is -2.22. The summed E-state index contributed by atoms with van der Waals surface area (Å²) in [4.78, 5) is 41.6.